The van der Waals surface area contributed by atoms with E-state index in [0.717, 1.165) is 31.7 Å². The minimum Gasteiger partial charge on any atom is -0.494 e. The van der Waals surface area contributed by atoms with Crippen LogP contribution in [0.25, 0.3) is 0 Å². The van der Waals surface area contributed by atoms with Gasteiger partial charge in [0.1, 0.15) is 5.75 Å². The lowest BCUT2D eigenvalue weighted by Crippen LogP contribution is -2.36. The molecule has 0 unspecified atom stereocenters. The van der Waals surface area contributed by atoms with Crippen molar-refractivity contribution in [1.82, 2.24) is 5.32 Å². The lowest BCUT2D eigenvalue weighted by atomic mass is 10.1. The molecule has 0 atom stereocenters. The van der Waals surface area contributed by atoms with Crippen molar-refractivity contribution in [3.8, 4) is 5.75 Å². The van der Waals surface area contributed by atoms with E-state index in [9.17, 15) is 0 Å². The zero-order valence-corrected chi connectivity index (χ0v) is 13.7. The third-order valence-corrected chi connectivity index (χ3v) is 3.30. The van der Waals surface area contributed by atoms with Crippen LogP contribution < -0.4 is 10.1 Å². The van der Waals surface area contributed by atoms with Crippen LogP contribution in [0.15, 0.2) is 24.3 Å². The first-order chi connectivity index (χ1) is 9.51. The quantitative estimate of drug-likeness (QED) is 0.667. The number of rotatable bonds is 9. The second-order valence-electron chi connectivity index (χ2n) is 6.44. The van der Waals surface area contributed by atoms with E-state index in [4.69, 9.17) is 4.74 Å². The van der Waals surface area contributed by atoms with Gasteiger partial charge in [0.2, 0.25) is 0 Å². The summed E-state index contributed by atoms with van der Waals surface area (Å²) in [5.74, 6) is 1.01. The van der Waals surface area contributed by atoms with Gasteiger partial charge in [0.25, 0.3) is 0 Å². The standard InChI is InChI=1S/C18H31NO/c1-5-16-11-10-12-17(15-16)20-14-9-7-6-8-13-19-18(2,3)4/h10-12,15,19H,5-9,13-14H2,1-4H3. The average Bonchev–Trinajstić information content (AvgIpc) is 2.41. The van der Waals surface area contributed by atoms with Gasteiger partial charge >= 0.3 is 0 Å². The Balaban J connectivity index is 2.02. The van der Waals surface area contributed by atoms with E-state index in [1.807, 2.05) is 6.07 Å². The molecule has 1 aromatic rings. The molecular weight excluding hydrogens is 246 g/mol. The van der Waals surface area contributed by atoms with Gasteiger partial charge < -0.3 is 10.1 Å². The van der Waals surface area contributed by atoms with Gasteiger partial charge in [-0.05, 0) is 64.3 Å². The predicted octanol–water partition coefficient (Wildman–Crippen LogP) is 4.58. The van der Waals surface area contributed by atoms with E-state index in [1.165, 1.54) is 24.8 Å². The van der Waals surface area contributed by atoms with Crippen LogP contribution in [0.3, 0.4) is 0 Å². The van der Waals surface area contributed by atoms with Crippen LogP contribution in [0.2, 0.25) is 0 Å². The summed E-state index contributed by atoms with van der Waals surface area (Å²) in [7, 11) is 0. The van der Waals surface area contributed by atoms with Crippen LogP contribution in [0.1, 0.15) is 58.9 Å². The summed E-state index contributed by atoms with van der Waals surface area (Å²) >= 11 is 0. The second kappa shape index (κ2) is 9.02. The average molecular weight is 277 g/mol. The summed E-state index contributed by atoms with van der Waals surface area (Å²) in [5, 5.41) is 3.52. The topological polar surface area (TPSA) is 21.3 Å². The Morgan fingerprint density at radius 3 is 2.50 bits per heavy atom. The smallest absolute Gasteiger partial charge is 0.119 e. The Hall–Kier alpha value is -1.02. The molecule has 0 spiro atoms. The minimum absolute atomic E-state index is 0.243. The van der Waals surface area contributed by atoms with E-state index in [-0.39, 0.29) is 5.54 Å². The summed E-state index contributed by atoms with van der Waals surface area (Å²) in [6, 6.07) is 8.42. The molecule has 0 saturated heterocycles. The molecule has 0 amide bonds. The zero-order chi connectivity index (χ0) is 14.8. The van der Waals surface area contributed by atoms with Crippen molar-refractivity contribution in [3.05, 3.63) is 29.8 Å². The van der Waals surface area contributed by atoms with Crippen LogP contribution in [-0.4, -0.2) is 18.7 Å². The van der Waals surface area contributed by atoms with Crippen LogP contribution in [0.4, 0.5) is 0 Å². The van der Waals surface area contributed by atoms with Gasteiger partial charge in [0.05, 0.1) is 6.61 Å². The molecule has 1 rings (SSSR count). The number of unbranched alkanes of at least 4 members (excludes halogenated alkanes) is 3. The first kappa shape index (κ1) is 17.0. The van der Waals surface area contributed by atoms with E-state index in [1.54, 1.807) is 0 Å². The lowest BCUT2D eigenvalue weighted by molar-refractivity contribution is 0.303. The Labute approximate surface area is 124 Å². The molecule has 20 heavy (non-hydrogen) atoms. The van der Waals surface area contributed by atoms with Crippen molar-refractivity contribution in [2.75, 3.05) is 13.2 Å². The van der Waals surface area contributed by atoms with Crippen molar-refractivity contribution in [2.24, 2.45) is 0 Å². The van der Waals surface area contributed by atoms with Gasteiger partial charge in [-0.1, -0.05) is 31.9 Å². The molecule has 0 radical (unpaired) electrons. The Kier molecular flexibility index (Phi) is 7.68. The number of ether oxygens (including phenoxy) is 1. The highest BCUT2D eigenvalue weighted by Gasteiger charge is 2.06. The number of benzene rings is 1. The molecule has 0 heterocycles. The van der Waals surface area contributed by atoms with Gasteiger partial charge in [0, 0.05) is 5.54 Å². The summed E-state index contributed by atoms with van der Waals surface area (Å²) in [6.07, 6.45) is 5.99. The van der Waals surface area contributed by atoms with Crippen molar-refractivity contribution >= 4 is 0 Å². The van der Waals surface area contributed by atoms with Gasteiger partial charge in [-0.25, -0.2) is 0 Å². The van der Waals surface area contributed by atoms with Crippen molar-refractivity contribution in [3.63, 3.8) is 0 Å². The molecule has 0 fully saturated rings. The van der Waals surface area contributed by atoms with Gasteiger partial charge in [0.15, 0.2) is 0 Å². The van der Waals surface area contributed by atoms with Crippen molar-refractivity contribution in [1.29, 1.82) is 0 Å². The Morgan fingerprint density at radius 2 is 1.80 bits per heavy atom. The number of hydrogen-bond donors (Lipinski definition) is 1. The third kappa shape index (κ3) is 8.21. The molecule has 0 saturated carbocycles. The number of hydrogen-bond acceptors (Lipinski definition) is 2. The van der Waals surface area contributed by atoms with Crippen LogP contribution in [0, 0.1) is 0 Å². The van der Waals surface area contributed by atoms with E-state index < -0.39 is 0 Å². The van der Waals surface area contributed by atoms with Crippen LogP contribution >= 0.6 is 0 Å². The van der Waals surface area contributed by atoms with Crippen LogP contribution in [0.5, 0.6) is 5.75 Å². The summed E-state index contributed by atoms with van der Waals surface area (Å²) in [5.41, 5.74) is 1.59. The summed E-state index contributed by atoms with van der Waals surface area (Å²) in [6.45, 7) is 10.8. The molecule has 1 N–H and O–H groups in total. The maximum atomic E-state index is 5.79. The summed E-state index contributed by atoms with van der Waals surface area (Å²) < 4.78 is 5.79. The Morgan fingerprint density at radius 1 is 1.05 bits per heavy atom. The molecule has 0 aromatic heterocycles. The lowest BCUT2D eigenvalue weighted by Gasteiger charge is -2.20. The molecule has 114 valence electrons. The fourth-order valence-corrected chi connectivity index (χ4v) is 2.09. The molecule has 0 aliphatic heterocycles. The molecule has 1 aromatic carbocycles. The number of nitrogens with one attached hydrogen (secondary N) is 1. The number of aryl methyl sites for hydroxylation is 1. The van der Waals surface area contributed by atoms with E-state index in [2.05, 4.69) is 51.2 Å². The second-order valence-corrected chi connectivity index (χ2v) is 6.44. The van der Waals surface area contributed by atoms with Crippen LogP contribution in [-0.2, 0) is 6.42 Å². The van der Waals surface area contributed by atoms with E-state index in [0.29, 0.717) is 0 Å². The minimum atomic E-state index is 0.243. The Bertz CT molecular complexity index is 368. The maximum absolute atomic E-state index is 5.79. The van der Waals surface area contributed by atoms with Crippen molar-refractivity contribution in [2.45, 2.75) is 65.3 Å². The molecule has 0 aliphatic carbocycles. The highest BCUT2D eigenvalue weighted by molar-refractivity contribution is 5.28. The third-order valence-electron chi connectivity index (χ3n) is 3.30. The SMILES string of the molecule is CCc1cccc(OCCCCCCNC(C)(C)C)c1. The van der Waals surface area contributed by atoms with Gasteiger partial charge in [-0.15, -0.1) is 0 Å². The normalized spacial score (nSPS) is 11.6. The highest BCUT2D eigenvalue weighted by Crippen LogP contribution is 2.14. The predicted molar refractivity (Wildman–Crippen MR) is 87.5 cm³/mol. The van der Waals surface area contributed by atoms with Gasteiger partial charge in [-0.2, -0.15) is 0 Å². The zero-order valence-electron chi connectivity index (χ0n) is 13.7. The van der Waals surface area contributed by atoms with E-state index >= 15 is 0 Å². The summed E-state index contributed by atoms with van der Waals surface area (Å²) in [4.78, 5) is 0. The maximum Gasteiger partial charge on any atom is 0.119 e. The first-order valence-corrected chi connectivity index (χ1v) is 7.98. The fraction of sp³-hybridized carbons (Fsp3) is 0.667. The largest absolute Gasteiger partial charge is 0.494 e. The molecule has 0 bridgehead atoms. The molecule has 2 heteroatoms. The molecule has 0 aliphatic rings. The van der Waals surface area contributed by atoms with Crippen molar-refractivity contribution < 1.29 is 4.74 Å². The molecular formula is C18H31NO. The first-order valence-electron chi connectivity index (χ1n) is 7.98. The van der Waals surface area contributed by atoms with Gasteiger partial charge in [-0.3, -0.25) is 0 Å². The monoisotopic (exact) mass is 277 g/mol. The fourth-order valence-electron chi connectivity index (χ4n) is 2.09. The highest BCUT2D eigenvalue weighted by atomic mass is 16.5. The molecule has 2 nitrogen and oxygen atoms in total.